The number of nitrogens with two attached hydrogens (primary N) is 1. The number of carbonyl (C=O) groups excluding carboxylic acids is 1. The average molecular weight is 311 g/mol. The molecule has 1 heterocycles. The first kappa shape index (κ1) is 15.6. The highest BCUT2D eigenvalue weighted by Gasteiger charge is 2.29. The number of amides is 1. The van der Waals surface area contributed by atoms with Gasteiger partial charge in [-0.2, -0.15) is 0 Å². The second-order valence-electron chi connectivity index (χ2n) is 5.24. The Kier molecular flexibility index (Phi) is 5.38. The van der Waals surface area contributed by atoms with Gasteiger partial charge in [-0.3, -0.25) is 4.79 Å². The first-order valence-electron chi connectivity index (χ1n) is 7.01. The Bertz CT molecular complexity index is 512. The van der Waals surface area contributed by atoms with E-state index in [4.69, 9.17) is 22.5 Å². The van der Waals surface area contributed by atoms with Gasteiger partial charge in [-0.1, -0.05) is 36.0 Å². The molecule has 1 unspecified atom stereocenters. The number of oxime groups is 1. The summed E-state index contributed by atoms with van der Waals surface area (Å²) in [5.74, 6) is -0.135. The van der Waals surface area contributed by atoms with Gasteiger partial charge in [0, 0.05) is 6.20 Å². The maximum Gasteiger partial charge on any atom is 0.270 e. The van der Waals surface area contributed by atoms with E-state index in [1.54, 1.807) is 12.1 Å². The molecule has 0 saturated heterocycles. The van der Waals surface area contributed by atoms with Crippen molar-refractivity contribution < 1.29 is 10.0 Å². The van der Waals surface area contributed by atoms with Crippen molar-refractivity contribution in [3.8, 4) is 0 Å². The highest BCUT2D eigenvalue weighted by atomic mass is 35.5. The largest absolute Gasteiger partial charge is 0.409 e. The van der Waals surface area contributed by atoms with Crippen LogP contribution in [-0.4, -0.2) is 28.0 Å². The molecule has 7 heteroatoms. The van der Waals surface area contributed by atoms with Crippen molar-refractivity contribution in [3.05, 3.63) is 29.0 Å². The second-order valence-corrected chi connectivity index (χ2v) is 5.67. The first-order chi connectivity index (χ1) is 10.1. The molecule has 0 spiro atoms. The summed E-state index contributed by atoms with van der Waals surface area (Å²) >= 11 is 5.75. The van der Waals surface area contributed by atoms with Crippen LogP contribution in [0.1, 0.15) is 42.6 Å². The highest BCUT2D eigenvalue weighted by molar-refractivity contribution is 6.30. The van der Waals surface area contributed by atoms with E-state index in [0.717, 1.165) is 25.7 Å². The van der Waals surface area contributed by atoms with Crippen LogP contribution in [0.2, 0.25) is 5.02 Å². The van der Waals surface area contributed by atoms with Gasteiger partial charge in [0.25, 0.3) is 5.91 Å². The van der Waals surface area contributed by atoms with Crippen molar-refractivity contribution in [2.75, 3.05) is 0 Å². The zero-order valence-corrected chi connectivity index (χ0v) is 12.4. The number of hydrogen-bond donors (Lipinski definition) is 3. The molecule has 1 aliphatic carbocycles. The van der Waals surface area contributed by atoms with E-state index in [1.807, 2.05) is 0 Å². The number of amidine groups is 1. The quantitative estimate of drug-likeness (QED) is 0.343. The van der Waals surface area contributed by atoms with Crippen LogP contribution in [0.3, 0.4) is 0 Å². The summed E-state index contributed by atoms with van der Waals surface area (Å²) in [7, 11) is 0. The first-order valence-corrected chi connectivity index (χ1v) is 7.39. The number of nitrogens with zero attached hydrogens (tertiary/aromatic N) is 2. The smallest absolute Gasteiger partial charge is 0.270 e. The van der Waals surface area contributed by atoms with Crippen LogP contribution in [0.25, 0.3) is 0 Å². The molecule has 114 valence electrons. The molecule has 1 saturated carbocycles. The van der Waals surface area contributed by atoms with Crippen molar-refractivity contribution in [3.63, 3.8) is 0 Å². The Balaban J connectivity index is 2.10. The van der Waals surface area contributed by atoms with E-state index in [9.17, 15) is 4.79 Å². The minimum atomic E-state index is -0.472. The van der Waals surface area contributed by atoms with Gasteiger partial charge in [-0.15, -0.1) is 0 Å². The van der Waals surface area contributed by atoms with E-state index in [0.29, 0.717) is 5.02 Å². The third-order valence-corrected chi connectivity index (χ3v) is 4.03. The van der Waals surface area contributed by atoms with Crippen LogP contribution in [0, 0.1) is 5.92 Å². The molecule has 1 aliphatic rings. The van der Waals surface area contributed by atoms with Gasteiger partial charge in [0.05, 0.1) is 11.1 Å². The van der Waals surface area contributed by atoms with E-state index >= 15 is 0 Å². The third-order valence-electron chi connectivity index (χ3n) is 3.80. The van der Waals surface area contributed by atoms with Crippen molar-refractivity contribution in [1.82, 2.24) is 10.3 Å². The Morgan fingerprint density at radius 3 is 2.71 bits per heavy atom. The lowest BCUT2D eigenvalue weighted by Gasteiger charge is -2.29. The Morgan fingerprint density at radius 2 is 2.14 bits per heavy atom. The van der Waals surface area contributed by atoms with Crippen molar-refractivity contribution >= 4 is 23.3 Å². The fourth-order valence-corrected chi connectivity index (χ4v) is 2.80. The van der Waals surface area contributed by atoms with Crippen LogP contribution in [-0.2, 0) is 0 Å². The molecule has 1 amide bonds. The minimum Gasteiger partial charge on any atom is -0.409 e. The molecule has 0 aliphatic heterocycles. The fraction of sp³-hybridized carbons (Fsp3) is 0.500. The van der Waals surface area contributed by atoms with Gasteiger partial charge in [0.2, 0.25) is 0 Å². The van der Waals surface area contributed by atoms with Crippen LogP contribution >= 0.6 is 11.6 Å². The monoisotopic (exact) mass is 310 g/mol. The molecule has 0 aromatic carbocycles. The molecule has 4 N–H and O–H groups in total. The van der Waals surface area contributed by atoms with E-state index < -0.39 is 6.04 Å². The lowest BCUT2D eigenvalue weighted by Crippen LogP contribution is -2.49. The highest BCUT2D eigenvalue weighted by Crippen LogP contribution is 2.26. The minimum absolute atomic E-state index is 0.0317. The topological polar surface area (TPSA) is 101 Å². The number of carbonyl (C=O) groups is 1. The number of aromatic nitrogens is 1. The number of nitrogens with one attached hydrogen (secondary N) is 1. The van der Waals surface area contributed by atoms with Gasteiger partial charge in [0.1, 0.15) is 5.69 Å². The summed E-state index contributed by atoms with van der Waals surface area (Å²) in [4.78, 5) is 16.2. The van der Waals surface area contributed by atoms with Crippen LogP contribution in [0.4, 0.5) is 0 Å². The lowest BCUT2D eigenvalue weighted by atomic mass is 9.83. The molecule has 0 bridgehead atoms. The molecule has 6 nitrogen and oxygen atoms in total. The summed E-state index contributed by atoms with van der Waals surface area (Å²) in [5.41, 5.74) is 6.00. The van der Waals surface area contributed by atoms with Gasteiger partial charge < -0.3 is 16.3 Å². The maximum atomic E-state index is 12.2. The molecule has 1 aromatic heterocycles. The Morgan fingerprint density at radius 1 is 1.43 bits per heavy atom. The van der Waals surface area contributed by atoms with E-state index in [1.165, 1.54) is 12.6 Å². The normalized spacial score (nSPS) is 18.2. The summed E-state index contributed by atoms with van der Waals surface area (Å²) < 4.78 is 0. The number of halogens is 1. The Hall–Kier alpha value is -1.82. The van der Waals surface area contributed by atoms with Crippen LogP contribution < -0.4 is 11.1 Å². The number of hydrogen-bond acceptors (Lipinski definition) is 4. The summed E-state index contributed by atoms with van der Waals surface area (Å²) in [5, 5.41) is 15.3. The SMILES string of the molecule is NC(=NO)C(NC(=O)c1ccc(Cl)cn1)C1CCCCC1. The third kappa shape index (κ3) is 4.07. The number of rotatable bonds is 4. The molecule has 0 radical (unpaired) electrons. The van der Waals surface area contributed by atoms with Crippen molar-refractivity contribution in [2.45, 2.75) is 38.1 Å². The molecule has 1 atom stereocenters. The van der Waals surface area contributed by atoms with Crippen LogP contribution in [0.5, 0.6) is 0 Å². The van der Waals surface area contributed by atoms with Gasteiger partial charge in [-0.25, -0.2) is 4.98 Å². The van der Waals surface area contributed by atoms with E-state index in [2.05, 4.69) is 15.5 Å². The zero-order valence-electron chi connectivity index (χ0n) is 11.6. The Labute approximate surface area is 128 Å². The predicted molar refractivity (Wildman–Crippen MR) is 80.5 cm³/mol. The lowest BCUT2D eigenvalue weighted by molar-refractivity contribution is 0.0925. The molecule has 21 heavy (non-hydrogen) atoms. The second kappa shape index (κ2) is 7.26. The molecule has 2 rings (SSSR count). The van der Waals surface area contributed by atoms with Gasteiger partial charge in [0.15, 0.2) is 5.84 Å². The maximum absolute atomic E-state index is 12.2. The molecule has 1 aromatic rings. The molecular weight excluding hydrogens is 292 g/mol. The van der Waals surface area contributed by atoms with Gasteiger partial charge >= 0.3 is 0 Å². The molecular formula is C14H19ClN4O2. The van der Waals surface area contributed by atoms with Gasteiger partial charge in [-0.05, 0) is 30.9 Å². The standard InChI is InChI=1S/C14H19ClN4O2/c15-10-6-7-11(17-8-10)14(20)18-12(13(16)19-21)9-4-2-1-3-5-9/h6-9,12,21H,1-5H2,(H2,16,19)(H,18,20). The molecule has 1 fully saturated rings. The zero-order chi connectivity index (χ0) is 15.2. The summed E-state index contributed by atoms with van der Waals surface area (Å²) in [6, 6.07) is 2.67. The fourth-order valence-electron chi connectivity index (χ4n) is 2.69. The number of pyridine rings is 1. The summed E-state index contributed by atoms with van der Waals surface area (Å²) in [6.07, 6.45) is 6.69. The predicted octanol–water partition coefficient (Wildman–Crippen LogP) is 2.16. The van der Waals surface area contributed by atoms with Crippen molar-refractivity contribution in [2.24, 2.45) is 16.8 Å². The van der Waals surface area contributed by atoms with E-state index in [-0.39, 0.29) is 23.4 Å². The summed E-state index contributed by atoms with van der Waals surface area (Å²) in [6.45, 7) is 0. The average Bonchev–Trinajstić information content (AvgIpc) is 2.53. The van der Waals surface area contributed by atoms with Crippen molar-refractivity contribution in [1.29, 1.82) is 0 Å². The van der Waals surface area contributed by atoms with Crippen LogP contribution in [0.15, 0.2) is 23.5 Å².